The predicted molar refractivity (Wildman–Crippen MR) is 86.4 cm³/mol. The van der Waals surface area contributed by atoms with Gasteiger partial charge in [0.2, 0.25) is 0 Å². The Hall–Kier alpha value is -1.63. The molecule has 0 N–H and O–H groups in total. The Morgan fingerprint density at radius 3 is 2.25 bits per heavy atom. The number of hydrogen-bond donors (Lipinski definition) is 0. The summed E-state index contributed by atoms with van der Waals surface area (Å²) in [5, 5.41) is 2.27. The Morgan fingerprint density at radius 1 is 1.00 bits per heavy atom. The van der Waals surface area contributed by atoms with Crippen LogP contribution >= 0.6 is 0 Å². The van der Waals surface area contributed by atoms with E-state index in [9.17, 15) is 4.79 Å². The number of carbonyl (C=O) groups is 1. The Labute approximate surface area is 122 Å². The summed E-state index contributed by atoms with van der Waals surface area (Å²) in [4.78, 5) is 11.7. The van der Waals surface area contributed by atoms with E-state index in [2.05, 4.69) is 45.9 Å². The maximum atomic E-state index is 11.7. The standard InChI is InChI=1S/C19H24O/c1-13(2)9-16-11-15-7-5-6-8-17(15)19(12-20)18(16)10-14(3)4/h5-8,11-14H,9-10H2,1-4H3. The van der Waals surface area contributed by atoms with Crippen LogP contribution < -0.4 is 0 Å². The van der Waals surface area contributed by atoms with Crippen molar-refractivity contribution >= 4 is 17.1 Å². The van der Waals surface area contributed by atoms with E-state index in [0.29, 0.717) is 11.8 Å². The fourth-order valence-corrected chi connectivity index (χ4v) is 2.88. The fourth-order valence-electron chi connectivity index (χ4n) is 2.88. The van der Waals surface area contributed by atoms with Crippen LogP contribution in [0.2, 0.25) is 0 Å². The van der Waals surface area contributed by atoms with Crippen LogP contribution in [0.5, 0.6) is 0 Å². The van der Waals surface area contributed by atoms with Gasteiger partial charge in [-0.3, -0.25) is 4.79 Å². The summed E-state index contributed by atoms with van der Waals surface area (Å²) in [6.07, 6.45) is 3.05. The van der Waals surface area contributed by atoms with Crippen molar-refractivity contribution < 1.29 is 4.79 Å². The molecule has 2 aromatic carbocycles. The van der Waals surface area contributed by atoms with Crippen molar-refractivity contribution in [3.05, 3.63) is 47.0 Å². The monoisotopic (exact) mass is 268 g/mol. The highest BCUT2D eigenvalue weighted by molar-refractivity contribution is 6.00. The molecule has 0 unspecified atom stereocenters. The van der Waals surface area contributed by atoms with Crippen molar-refractivity contribution in [2.75, 3.05) is 0 Å². The van der Waals surface area contributed by atoms with Gasteiger partial charge in [0, 0.05) is 5.56 Å². The van der Waals surface area contributed by atoms with Gasteiger partial charge in [-0.1, -0.05) is 58.0 Å². The number of hydrogen-bond acceptors (Lipinski definition) is 1. The zero-order valence-corrected chi connectivity index (χ0v) is 12.9. The number of fused-ring (bicyclic) bond motifs is 1. The molecule has 0 aliphatic heterocycles. The third-order valence-electron chi connectivity index (χ3n) is 3.65. The zero-order valence-electron chi connectivity index (χ0n) is 12.9. The smallest absolute Gasteiger partial charge is 0.150 e. The SMILES string of the molecule is CC(C)Cc1cc2ccccc2c(C=O)c1CC(C)C. The van der Waals surface area contributed by atoms with Crippen molar-refractivity contribution in [3.63, 3.8) is 0 Å². The van der Waals surface area contributed by atoms with Gasteiger partial charge >= 0.3 is 0 Å². The molecule has 2 aromatic rings. The highest BCUT2D eigenvalue weighted by atomic mass is 16.1. The molecule has 0 amide bonds. The molecule has 0 saturated heterocycles. The molecule has 0 bridgehead atoms. The minimum atomic E-state index is 0.556. The average Bonchev–Trinajstić information content (AvgIpc) is 2.38. The first-order valence-electron chi connectivity index (χ1n) is 7.51. The first-order valence-corrected chi connectivity index (χ1v) is 7.51. The number of benzene rings is 2. The van der Waals surface area contributed by atoms with Crippen molar-refractivity contribution in [2.24, 2.45) is 11.8 Å². The van der Waals surface area contributed by atoms with Gasteiger partial charge in [0.15, 0.2) is 6.29 Å². The Kier molecular flexibility index (Phi) is 4.59. The summed E-state index contributed by atoms with van der Waals surface area (Å²) in [5.41, 5.74) is 3.49. The first-order chi connectivity index (χ1) is 9.52. The Morgan fingerprint density at radius 2 is 1.65 bits per heavy atom. The van der Waals surface area contributed by atoms with Gasteiger partial charge in [-0.25, -0.2) is 0 Å². The molecule has 20 heavy (non-hydrogen) atoms. The second-order valence-corrected chi connectivity index (χ2v) is 6.46. The molecule has 0 fully saturated rings. The average molecular weight is 268 g/mol. The number of aldehydes is 1. The molecule has 1 nitrogen and oxygen atoms in total. The van der Waals surface area contributed by atoms with Crippen LogP contribution in [-0.4, -0.2) is 6.29 Å². The van der Waals surface area contributed by atoms with Crippen LogP contribution in [0, 0.1) is 11.8 Å². The lowest BCUT2D eigenvalue weighted by Crippen LogP contribution is -2.07. The normalized spacial score (nSPS) is 11.5. The quantitative estimate of drug-likeness (QED) is 0.693. The molecule has 2 rings (SSSR count). The van der Waals surface area contributed by atoms with E-state index in [0.717, 1.165) is 30.1 Å². The Bertz CT molecular complexity index is 608. The number of rotatable bonds is 5. The van der Waals surface area contributed by atoms with Gasteiger partial charge in [-0.2, -0.15) is 0 Å². The lowest BCUT2D eigenvalue weighted by Gasteiger charge is -2.18. The van der Waals surface area contributed by atoms with E-state index in [1.165, 1.54) is 16.5 Å². The van der Waals surface area contributed by atoms with Gasteiger partial charge < -0.3 is 0 Å². The van der Waals surface area contributed by atoms with E-state index in [4.69, 9.17) is 0 Å². The van der Waals surface area contributed by atoms with Crippen molar-refractivity contribution in [1.82, 2.24) is 0 Å². The van der Waals surface area contributed by atoms with E-state index < -0.39 is 0 Å². The molecular formula is C19H24O. The molecule has 0 heterocycles. The van der Waals surface area contributed by atoms with Crippen LogP contribution in [-0.2, 0) is 12.8 Å². The molecule has 0 saturated carbocycles. The van der Waals surface area contributed by atoms with Gasteiger partial charge in [0.05, 0.1) is 0 Å². The molecule has 0 aromatic heterocycles. The first kappa shape index (κ1) is 14.8. The maximum Gasteiger partial charge on any atom is 0.150 e. The summed E-state index contributed by atoms with van der Waals surface area (Å²) >= 11 is 0. The summed E-state index contributed by atoms with van der Waals surface area (Å²) in [5.74, 6) is 1.15. The third-order valence-corrected chi connectivity index (χ3v) is 3.65. The third kappa shape index (κ3) is 3.09. The summed E-state index contributed by atoms with van der Waals surface area (Å²) in [6, 6.07) is 10.5. The second kappa shape index (κ2) is 6.21. The van der Waals surface area contributed by atoms with Crippen LogP contribution in [0.25, 0.3) is 10.8 Å². The summed E-state index contributed by atoms with van der Waals surface area (Å²) < 4.78 is 0. The molecule has 0 aliphatic carbocycles. The molecule has 0 spiro atoms. The zero-order chi connectivity index (χ0) is 14.7. The van der Waals surface area contributed by atoms with E-state index in [-0.39, 0.29) is 0 Å². The summed E-state index contributed by atoms with van der Waals surface area (Å²) in [7, 11) is 0. The van der Waals surface area contributed by atoms with Crippen molar-refractivity contribution in [2.45, 2.75) is 40.5 Å². The highest BCUT2D eigenvalue weighted by Gasteiger charge is 2.14. The van der Waals surface area contributed by atoms with Gasteiger partial charge in [-0.05, 0) is 46.6 Å². The second-order valence-electron chi connectivity index (χ2n) is 6.46. The molecule has 0 aliphatic rings. The topological polar surface area (TPSA) is 17.1 Å². The van der Waals surface area contributed by atoms with Crippen LogP contribution in [0.4, 0.5) is 0 Å². The molecule has 0 radical (unpaired) electrons. The van der Waals surface area contributed by atoms with Gasteiger partial charge in [0.25, 0.3) is 0 Å². The van der Waals surface area contributed by atoms with E-state index in [1.54, 1.807) is 0 Å². The maximum absolute atomic E-state index is 11.7. The van der Waals surface area contributed by atoms with Crippen LogP contribution in [0.1, 0.15) is 49.2 Å². The predicted octanol–water partition coefficient (Wildman–Crippen LogP) is 5.05. The molecule has 0 atom stereocenters. The highest BCUT2D eigenvalue weighted by Crippen LogP contribution is 2.28. The van der Waals surface area contributed by atoms with Crippen molar-refractivity contribution in [3.8, 4) is 0 Å². The fraction of sp³-hybridized carbons (Fsp3) is 0.421. The Balaban J connectivity index is 2.70. The lowest BCUT2D eigenvalue weighted by atomic mass is 9.86. The number of carbonyl (C=O) groups excluding carboxylic acids is 1. The minimum absolute atomic E-state index is 0.556. The van der Waals surface area contributed by atoms with Gasteiger partial charge in [-0.15, -0.1) is 0 Å². The molecular weight excluding hydrogens is 244 g/mol. The van der Waals surface area contributed by atoms with E-state index >= 15 is 0 Å². The van der Waals surface area contributed by atoms with Crippen molar-refractivity contribution in [1.29, 1.82) is 0 Å². The van der Waals surface area contributed by atoms with E-state index in [1.807, 2.05) is 12.1 Å². The lowest BCUT2D eigenvalue weighted by molar-refractivity contribution is 0.112. The largest absolute Gasteiger partial charge is 0.298 e. The molecule has 1 heteroatoms. The minimum Gasteiger partial charge on any atom is -0.298 e. The van der Waals surface area contributed by atoms with Crippen LogP contribution in [0.15, 0.2) is 30.3 Å². The van der Waals surface area contributed by atoms with Gasteiger partial charge in [0.1, 0.15) is 0 Å². The molecule has 106 valence electrons. The summed E-state index contributed by atoms with van der Waals surface area (Å²) in [6.45, 7) is 8.88. The van der Waals surface area contributed by atoms with Crippen LogP contribution in [0.3, 0.4) is 0 Å².